The molecule has 0 saturated carbocycles. The van der Waals surface area contributed by atoms with Crippen molar-refractivity contribution in [2.75, 3.05) is 0 Å². The van der Waals surface area contributed by atoms with Crippen LogP contribution in [0.2, 0.25) is 0 Å². The maximum atomic E-state index is 11.2. The van der Waals surface area contributed by atoms with Crippen molar-refractivity contribution in [1.82, 2.24) is 4.98 Å². The molecule has 0 aliphatic heterocycles. The Balaban J connectivity index is 3.28. The number of aromatic amines is 1. The van der Waals surface area contributed by atoms with Crippen LogP contribution in [0.5, 0.6) is 0 Å². The lowest BCUT2D eigenvalue weighted by atomic mass is 9.89. The molecule has 1 rings (SSSR count). The second-order valence-electron chi connectivity index (χ2n) is 4.66. The number of hydrogen-bond acceptors (Lipinski definition) is 2. The second kappa shape index (κ2) is 3.29. The molecule has 0 aliphatic rings. The molecule has 3 heteroatoms. The van der Waals surface area contributed by atoms with Crippen LogP contribution < -0.4 is 4.87 Å². The van der Waals surface area contributed by atoms with Crippen LogP contribution in [0, 0.1) is 0 Å². The summed E-state index contributed by atoms with van der Waals surface area (Å²) in [5, 5.41) is 0. The Kier molecular flexibility index (Phi) is 2.66. The fourth-order valence-electron chi connectivity index (χ4n) is 1.30. The highest BCUT2D eigenvalue weighted by molar-refractivity contribution is 7.09. The third kappa shape index (κ3) is 2.21. The highest BCUT2D eigenvalue weighted by Crippen LogP contribution is 2.30. The van der Waals surface area contributed by atoms with Crippen molar-refractivity contribution in [1.29, 1.82) is 0 Å². The minimum atomic E-state index is 0.0404. The van der Waals surface area contributed by atoms with Gasteiger partial charge in [-0.1, -0.05) is 46.0 Å². The monoisotopic (exact) mass is 199 g/mol. The van der Waals surface area contributed by atoms with Crippen molar-refractivity contribution in [2.24, 2.45) is 0 Å². The van der Waals surface area contributed by atoms with E-state index in [4.69, 9.17) is 0 Å². The first-order valence-electron chi connectivity index (χ1n) is 4.56. The molecular weight excluding hydrogens is 182 g/mol. The van der Waals surface area contributed by atoms with Gasteiger partial charge in [-0.2, -0.15) is 0 Å². The van der Waals surface area contributed by atoms with Crippen LogP contribution in [0.3, 0.4) is 0 Å². The minimum Gasteiger partial charge on any atom is -0.316 e. The van der Waals surface area contributed by atoms with Gasteiger partial charge in [0.05, 0.1) is 0 Å². The van der Waals surface area contributed by atoms with Crippen LogP contribution >= 0.6 is 11.3 Å². The lowest BCUT2D eigenvalue weighted by molar-refractivity contribution is 0.560. The molecule has 0 saturated heterocycles. The molecule has 0 aromatic carbocycles. The zero-order valence-corrected chi connectivity index (χ0v) is 9.71. The first kappa shape index (κ1) is 10.5. The summed E-state index contributed by atoms with van der Waals surface area (Å²) in [7, 11) is 0. The molecule has 13 heavy (non-hydrogen) atoms. The summed E-state index contributed by atoms with van der Waals surface area (Å²) in [6.07, 6.45) is 0. The predicted molar refractivity (Wildman–Crippen MR) is 57.7 cm³/mol. The molecule has 1 heterocycles. The lowest BCUT2D eigenvalue weighted by Crippen LogP contribution is -2.15. The van der Waals surface area contributed by atoms with E-state index < -0.39 is 0 Å². The maximum Gasteiger partial charge on any atom is 0.304 e. The van der Waals surface area contributed by atoms with Gasteiger partial charge in [0.1, 0.15) is 0 Å². The van der Waals surface area contributed by atoms with Crippen molar-refractivity contribution in [3.8, 4) is 0 Å². The summed E-state index contributed by atoms with van der Waals surface area (Å²) in [4.78, 5) is 15.4. The van der Waals surface area contributed by atoms with Gasteiger partial charge in [0.25, 0.3) is 0 Å². The number of aromatic nitrogens is 1. The SMILES string of the molecule is CC(C)c1sc(=O)[nH]c1C(C)(C)C. The Morgan fingerprint density at radius 1 is 1.31 bits per heavy atom. The van der Waals surface area contributed by atoms with Crippen LogP contribution in [-0.2, 0) is 5.41 Å². The number of H-pyrrole nitrogens is 1. The fraction of sp³-hybridized carbons (Fsp3) is 0.700. The Morgan fingerprint density at radius 3 is 2.15 bits per heavy atom. The highest BCUT2D eigenvalue weighted by atomic mass is 32.1. The van der Waals surface area contributed by atoms with Gasteiger partial charge in [0.2, 0.25) is 0 Å². The summed E-state index contributed by atoms with van der Waals surface area (Å²) < 4.78 is 0. The van der Waals surface area contributed by atoms with E-state index >= 15 is 0 Å². The molecular formula is C10H17NOS. The first-order valence-corrected chi connectivity index (χ1v) is 5.37. The Morgan fingerprint density at radius 2 is 1.85 bits per heavy atom. The van der Waals surface area contributed by atoms with Gasteiger partial charge in [0, 0.05) is 16.0 Å². The molecule has 0 bridgehead atoms. The topological polar surface area (TPSA) is 32.9 Å². The normalized spacial score (nSPS) is 12.5. The minimum absolute atomic E-state index is 0.0404. The van der Waals surface area contributed by atoms with Crippen molar-refractivity contribution >= 4 is 11.3 Å². The predicted octanol–water partition coefficient (Wildman–Crippen LogP) is 2.86. The van der Waals surface area contributed by atoms with Crippen LogP contribution in [0.4, 0.5) is 0 Å². The summed E-state index contributed by atoms with van der Waals surface area (Å²) in [6, 6.07) is 0. The van der Waals surface area contributed by atoms with Gasteiger partial charge in [-0.15, -0.1) is 0 Å². The van der Waals surface area contributed by atoms with Crippen molar-refractivity contribution < 1.29 is 0 Å². The van der Waals surface area contributed by atoms with E-state index in [0.29, 0.717) is 5.92 Å². The molecule has 0 radical (unpaired) electrons. The third-order valence-electron chi connectivity index (χ3n) is 1.95. The quantitative estimate of drug-likeness (QED) is 0.741. The summed E-state index contributed by atoms with van der Waals surface area (Å²) >= 11 is 1.34. The molecule has 1 N–H and O–H groups in total. The first-order chi connectivity index (χ1) is 5.82. The van der Waals surface area contributed by atoms with E-state index in [1.807, 2.05) is 0 Å². The molecule has 1 aromatic heterocycles. The molecule has 2 nitrogen and oxygen atoms in total. The lowest BCUT2D eigenvalue weighted by Gasteiger charge is -2.19. The van der Waals surface area contributed by atoms with Gasteiger partial charge < -0.3 is 4.98 Å². The van der Waals surface area contributed by atoms with E-state index in [-0.39, 0.29) is 10.3 Å². The molecule has 0 atom stereocenters. The van der Waals surface area contributed by atoms with E-state index in [2.05, 4.69) is 39.6 Å². The molecule has 74 valence electrons. The number of nitrogens with one attached hydrogen (secondary N) is 1. The van der Waals surface area contributed by atoms with Gasteiger partial charge in [0.15, 0.2) is 0 Å². The summed E-state index contributed by atoms with van der Waals surface area (Å²) in [5.74, 6) is 0.429. The average Bonchev–Trinajstić information content (AvgIpc) is 2.29. The van der Waals surface area contributed by atoms with Crippen LogP contribution in [0.1, 0.15) is 51.1 Å². The van der Waals surface area contributed by atoms with Gasteiger partial charge >= 0.3 is 4.87 Å². The largest absolute Gasteiger partial charge is 0.316 e. The molecule has 0 spiro atoms. The highest BCUT2D eigenvalue weighted by Gasteiger charge is 2.22. The van der Waals surface area contributed by atoms with E-state index in [0.717, 1.165) is 5.69 Å². The van der Waals surface area contributed by atoms with E-state index in [1.165, 1.54) is 16.2 Å². The molecule has 0 aliphatic carbocycles. The average molecular weight is 199 g/mol. The zero-order chi connectivity index (χ0) is 10.2. The van der Waals surface area contributed by atoms with Crippen LogP contribution in [-0.4, -0.2) is 4.98 Å². The zero-order valence-electron chi connectivity index (χ0n) is 8.89. The molecule has 1 aromatic rings. The Bertz CT molecular complexity index is 341. The summed E-state index contributed by atoms with van der Waals surface area (Å²) in [5.41, 5.74) is 1.14. The molecule has 0 unspecified atom stereocenters. The van der Waals surface area contributed by atoms with Crippen LogP contribution in [0.15, 0.2) is 4.79 Å². The Labute approximate surface area is 83.0 Å². The van der Waals surface area contributed by atoms with E-state index in [1.54, 1.807) is 0 Å². The van der Waals surface area contributed by atoms with Gasteiger partial charge in [-0.3, -0.25) is 4.79 Å². The van der Waals surface area contributed by atoms with Gasteiger partial charge in [-0.05, 0) is 5.92 Å². The standard InChI is InChI=1S/C10H17NOS/c1-6(2)7-8(10(3,4)5)11-9(12)13-7/h6H,1-5H3,(H,11,12). The van der Waals surface area contributed by atoms with Crippen LogP contribution in [0.25, 0.3) is 0 Å². The molecule has 0 fully saturated rings. The second-order valence-corrected chi connectivity index (χ2v) is 5.67. The number of hydrogen-bond donors (Lipinski definition) is 1. The van der Waals surface area contributed by atoms with E-state index in [9.17, 15) is 4.79 Å². The Hall–Kier alpha value is -0.570. The maximum absolute atomic E-state index is 11.2. The number of thiazole rings is 1. The molecule has 0 amide bonds. The number of rotatable bonds is 1. The van der Waals surface area contributed by atoms with Gasteiger partial charge in [-0.25, -0.2) is 0 Å². The van der Waals surface area contributed by atoms with Crippen molar-refractivity contribution in [2.45, 2.75) is 46.0 Å². The smallest absolute Gasteiger partial charge is 0.304 e. The third-order valence-corrected chi connectivity index (χ3v) is 3.13. The summed E-state index contributed by atoms with van der Waals surface area (Å²) in [6.45, 7) is 10.6. The fourth-order valence-corrected chi connectivity index (χ4v) is 2.35. The van der Waals surface area contributed by atoms with Crippen molar-refractivity contribution in [3.05, 3.63) is 20.2 Å². The van der Waals surface area contributed by atoms with Crippen molar-refractivity contribution in [3.63, 3.8) is 0 Å².